The van der Waals surface area contributed by atoms with Crippen LogP contribution in [0.15, 0.2) is 84.0 Å². The number of benzene rings is 3. The van der Waals surface area contributed by atoms with E-state index in [1.807, 2.05) is 30.3 Å². The number of H-pyrrole nitrogens is 2. The molecule has 5 heterocycles. The molecule has 3 aromatic heterocycles. The van der Waals surface area contributed by atoms with E-state index in [-0.39, 0.29) is 48.8 Å². The van der Waals surface area contributed by atoms with Crippen molar-refractivity contribution in [1.82, 2.24) is 44.3 Å². The number of aromatic amines is 2. The number of carbonyl (C=O) groups excluding carboxylic acids is 3. The van der Waals surface area contributed by atoms with E-state index in [0.717, 1.165) is 6.42 Å². The topological polar surface area (TPSA) is 243 Å². The lowest BCUT2D eigenvalue weighted by molar-refractivity contribution is -0.135. The maximum Gasteiger partial charge on any atom is 0.407 e. The first-order chi connectivity index (χ1) is 31.4. The van der Waals surface area contributed by atoms with Gasteiger partial charge in [-0.15, -0.1) is 0 Å². The largest absolute Gasteiger partial charge is 0.465 e. The van der Waals surface area contributed by atoms with Crippen LogP contribution < -0.4 is 10.6 Å². The van der Waals surface area contributed by atoms with Crippen LogP contribution in [0.1, 0.15) is 62.3 Å². The predicted octanol–water partition coefficient (Wildman–Crippen LogP) is 5.57. The van der Waals surface area contributed by atoms with Crippen LogP contribution in [-0.4, -0.2) is 131 Å². The van der Waals surface area contributed by atoms with Crippen LogP contribution in [0.3, 0.4) is 0 Å². The summed E-state index contributed by atoms with van der Waals surface area (Å²) in [5, 5.41) is 15.8. The zero-order valence-corrected chi connectivity index (χ0v) is 37.0. The Morgan fingerprint density at radius 2 is 1.38 bits per heavy atom. The van der Waals surface area contributed by atoms with Gasteiger partial charge < -0.3 is 49.7 Å². The van der Waals surface area contributed by atoms with Crippen molar-refractivity contribution in [1.29, 1.82) is 0 Å². The molecule has 2 aliphatic rings. The SMILES string of the molecule is COCC[C@H](NC(=O)O)C(=O)N1CCC[C@H]1c1nc(-c2ccc3c4ccc(-c5cnc([C@@H]6CCCN6C(=O)[C@H](CCOC)NC(=O)OC)[nH]5)cc4n(S(=O)(=O)c4ccccc4)c3c2)c[nH]1. The summed E-state index contributed by atoms with van der Waals surface area (Å²) in [6.07, 6.45) is 4.50. The van der Waals surface area contributed by atoms with Gasteiger partial charge in [0.25, 0.3) is 10.0 Å². The highest BCUT2D eigenvalue weighted by atomic mass is 32.2. The van der Waals surface area contributed by atoms with Crippen molar-refractivity contribution >= 4 is 55.8 Å². The summed E-state index contributed by atoms with van der Waals surface area (Å²) in [4.78, 5) is 70.7. The van der Waals surface area contributed by atoms with Gasteiger partial charge in [0, 0.05) is 81.5 Å². The molecule has 65 heavy (non-hydrogen) atoms. The van der Waals surface area contributed by atoms with Crippen molar-refractivity contribution in [2.75, 3.05) is 47.6 Å². The minimum absolute atomic E-state index is 0.101. The fourth-order valence-corrected chi connectivity index (χ4v) is 10.5. The number of aromatic nitrogens is 5. The third-order valence-corrected chi connectivity index (χ3v) is 13.8. The summed E-state index contributed by atoms with van der Waals surface area (Å²) in [6, 6.07) is 16.7. The summed E-state index contributed by atoms with van der Waals surface area (Å²) in [6.45, 7) is 1.35. The van der Waals surface area contributed by atoms with Gasteiger partial charge in [0.2, 0.25) is 11.8 Å². The van der Waals surface area contributed by atoms with Gasteiger partial charge in [-0.2, -0.15) is 0 Å². The average molecular weight is 910 g/mol. The molecular formula is C45H51N9O10S. The Bertz CT molecular complexity index is 2820. The van der Waals surface area contributed by atoms with Gasteiger partial charge in [-0.3, -0.25) is 9.59 Å². The van der Waals surface area contributed by atoms with E-state index in [9.17, 15) is 32.7 Å². The first-order valence-corrected chi connectivity index (χ1v) is 22.8. The van der Waals surface area contributed by atoms with Crippen LogP contribution in [0.2, 0.25) is 0 Å². The van der Waals surface area contributed by atoms with Gasteiger partial charge in [-0.1, -0.05) is 42.5 Å². The lowest BCUT2D eigenvalue weighted by Crippen LogP contribution is -2.49. The highest BCUT2D eigenvalue weighted by molar-refractivity contribution is 7.90. The Hall–Kier alpha value is -6.77. The van der Waals surface area contributed by atoms with E-state index in [0.29, 0.717) is 88.3 Å². The summed E-state index contributed by atoms with van der Waals surface area (Å²) >= 11 is 0. The molecule has 0 bridgehead atoms. The van der Waals surface area contributed by atoms with E-state index in [1.54, 1.807) is 58.6 Å². The molecule has 3 aromatic carbocycles. The highest BCUT2D eigenvalue weighted by Crippen LogP contribution is 2.39. The number of methoxy groups -OCH3 is 3. The molecule has 0 unspecified atom stereocenters. The van der Waals surface area contributed by atoms with E-state index in [1.165, 1.54) is 25.3 Å². The minimum Gasteiger partial charge on any atom is -0.465 e. The van der Waals surface area contributed by atoms with Gasteiger partial charge >= 0.3 is 12.2 Å². The molecule has 4 atom stereocenters. The molecule has 5 N–H and O–H groups in total. The van der Waals surface area contributed by atoms with E-state index in [2.05, 4.69) is 20.6 Å². The van der Waals surface area contributed by atoms with Crippen LogP contribution in [0.4, 0.5) is 9.59 Å². The third-order valence-electron chi connectivity index (χ3n) is 12.1. The molecule has 342 valence electrons. The zero-order chi connectivity index (χ0) is 45.8. The average Bonchev–Trinajstić information content (AvgIpc) is 4.17. The van der Waals surface area contributed by atoms with Gasteiger partial charge in [-0.25, -0.2) is 31.9 Å². The van der Waals surface area contributed by atoms with Crippen molar-refractivity contribution < 1.29 is 46.9 Å². The summed E-state index contributed by atoms with van der Waals surface area (Å²) < 4.78 is 45.9. The third kappa shape index (κ3) is 9.01. The van der Waals surface area contributed by atoms with Gasteiger partial charge in [-0.05, 0) is 49.9 Å². The minimum atomic E-state index is -4.18. The number of fused-ring (bicyclic) bond motifs is 3. The molecule has 19 nitrogen and oxygen atoms in total. The molecule has 20 heteroatoms. The molecular weight excluding hydrogens is 859 g/mol. The van der Waals surface area contributed by atoms with Crippen LogP contribution in [-0.2, 0) is 33.8 Å². The second-order valence-corrected chi connectivity index (χ2v) is 17.8. The van der Waals surface area contributed by atoms with Crippen LogP contribution in [0.5, 0.6) is 0 Å². The summed E-state index contributed by atoms with van der Waals surface area (Å²) in [5.74, 6) is 0.452. The molecule has 0 saturated carbocycles. The fraction of sp³-hybridized carbons (Fsp3) is 0.378. The first-order valence-electron chi connectivity index (χ1n) is 21.4. The zero-order valence-electron chi connectivity index (χ0n) is 36.2. The smallest absolute Gasteiger partial charge is 0.407 e. The number of nitrogens with one attached hydrogen (secondary N) is 4. The van der Waals surface area contributed by atoms with E-state index < -0.39 is 40.3 Å². The van der Waals surface area contributed by atoms with Crippen LogP contribution >= 0.6 is 0 Å². The normalized spacial score (nSPS) is 17.4. The molecule has 2 aliphatic heterocycles. The number of carboxylic acid groups (broad SMARTS) is 1. The number of imidazole rings is 2. The van der Waals surface area contributed by atoms with Crippen molar-refractivity contribution in [3.63, 3.8) is 0 Å². The Balaban J connectivity index is 1.14. The fourth-order valence-electron chi connectivity index (χ4n) is 8.94. The Kier molecular flexibility index (Phi) is 13.2. The lowest BCUT2D eigenvalue weighted by Gasteiger charge is -2.28. The van der Waals surface area contributed by atoms with E-state index >= 15 is 0 Å². The number of likely N-dealkylation sites (tertiary alicyclic amines) is 2. The molecule has 8 rings (SSSR count). The maximum absolute atomic E-state index is 14.7. The number of amides is 4. The molecule has 0 aliphatic carbocycles. The molecule has 0 spiro atoms. The molecule has 4 amide bonds. The first kappa shape index (κ1) is 44.8. The van der Waals surface area contributed by atoms with Gasteiger partial charge in [0.1, 0.15) is 23.7 Å². The molecule has 2 fully saturated rings. The number of ether oxygens (including phenoxy) is 3. The molecule has 6 aromatic rings. The van der Waals surface area contributed by atoms with Crippen LogP contribution in [0.25, 0.3) is 44.3 Å². The Morgan fingerprint density at radius 3 is 1.98 bits per heavy atom. The summed E-state index contributed by atoms with van der Waals surface area (Å²) in [5.41, 5.74) is 3.31. The van der Waals surface area contributed by atoms with Gasteiger partial charge in [0.15, 0.2) is 0 Å². The quantitative estimate of drug-likeness (QED) is 0.0801. The maximum atomic E-state index is 14.7. The number of nitrogens with zero attached hydrogens (tertiary/aromatic N) is 5. The van der Waals surface area contributed by atoms with Crippen molar-refractivity contribution in [2.45, 2.75) is 67.6 Å². The van der Waals surface area contributed by atoms with Crippen molar-refractivity contribution in [3.8, 4) is 22.5 Å². The van der Waals surface area contributed by atoms with Crippen molar-refractivity contribution in [3.05, 3.63) is 90.8 Å². The number of carbonyl (C=O) groups is 4. The van der Waals surface area contributed by atoms with Crippen molar-refractivity contribution in [2.24, 2.45) is 0 Å². The Labute approximate surface area is 374 Å². The summed E-state index contributed by atoms with van der Waals surface area (Å²) in [7, 11) is 0.0731. The molecule has 2 saturated heterocycles. The van der Waals surface area contributed by atoms with Gasteiger partial charge in [0.05, 0.1) is 52.7 Å². The Morgan fingerprint density at radius 1 is 0.800 bits per heavy atom. The lowest BCUT2D eigenvalue weighted by atomic mass is 10.1. The predicted molar refractivity (Wildman–Crippen MR) is 238 cm³/mol. The number of rotatable bonds is 16. The van der Waals surface area contributed by atoms with E-state index in [4.69, 9.17) is 24.2 Å². The number of alkyl carbamates (subject to hydrolysis) is 1. The number of hydrogen-bond acceptors (Lipinski definition) is 11. The highest BCUT2D eigenvalue weighted by Gasteiger charge is 2.38. The van der Waals surface area contributed by atoms with Crippen LogP contribution in [0, 0.1) is 0 Å². The monoisotopic (exact) mass is 909 g/mol. The number of hydrogen-bond donors (Lipinski definition) is 5. The second-order valence-electron chi connectivity index (χ2n) is 16.0. The molecule has 0 radical (unpaired) electrons. The standard InChI is InChI=1S/C45H51N9O10S/c1-62-21-17-32(50-44(57)58)42(55)52-19-7-11-36(52)40-46-25-34(48-40)27-13-15-30-31-16-14-28(24-39(31)54(38(30)23-27)65(60,61)29-9-5-4-6-10-29)35-26-47-41(49-35)37-12-8-20-53(37)43(56)33(18-22-63-2)51-45(59)64-3/h4-6,9-10,13-16,23-26,32-33,36-37,50H,7-8,11-12,17-22H2,1-3H3,(H,46,48)(H,47,49)(H,51,59)(H,57,58)/t32-,33-,36-,37-/m0/s1. The second kappa shape index (κ2) is 19.1.